The summed E-state index contributed by atoms with van der Waals surface area (Å²) in [7, 11) is 0. The highest BCUT2D eigenvalue weighted by molar-refractivity contribution is 5.08. The van der Waals surface area contributed by atoms with Crippen LogP contribution < -0.4 is 5.73 Å². The minimum absolute atomic E-state index is 0.402. The van der Waals surface area contributed by atoms with Crippen molar-refractivity contribution in [3.8, 4) is 0 Å². The first kappa shape index (κ1) is 21.1. The van der Waals surface area contributed by atoms with E-state index in [0.717, 1.165) is 36.7 Å². The van der Waals surface area contributed by atoms with E-state index >= 15 is 0 Å². The van der Waals surface area contributed by atoms with E-state index in [4.69, 9.17) is 5.73 Å². The maximum Gasteiger partial charge on any atom is 0.0970 e. The average Bonchev–Trinajstić information content (AvgIpc) is 3.61. The summed E-state index contributed by atoms with van der Waals surface area (Å²) in [6.07, 6.45) is 12.2. The SMILES string of the molecule is C=C(N)C(C1CCCC1)N1CCC(CN(CC)C(=C)N(C2CC2)C(C)C2CC2)C1. The monoisotopic (exact) mass is 400 g/mol. The number of hydrogen-bond acceptors (Lipinski definition) is 4. The molecule has 4 rings (SSSR count). The molecule has 0 spiro atoms. The Kier molecular flexibility index (Phi) is 6.48. The molecule has 3 unspecified atom stereocenters. The van der Waals surface area contributed by atoms with Crippen LogP contribution in [-0.4, -0.2) is 59.0 Å². The van der Waals surface area contributed by atoms with Crippen LogP contribution in [0.15, 0.2) is 24.7 Å². The van der Waals surface area contributed by atoms with Crippen molar-refractivity contribution in [1.82, 2.24) is 14.7 Å². The van der Waals surface area contributed by atoms with E-state index in [1.807, 2.05) is 0 Å². The van der Waals surface area contributed by atoms with Gasteiger partial charge in [-0.2, -0.15) is 0 Å². The zero-order chi connectivity index (χ0) is 20.5. The van der Waals surface area contributed by atoms with Crippen molar-refractivity contribution in [1.29, 1.82) is 0 Å². The van der Waals surface area contributed by atoms with Crippen molar-refractivity contribution in [3.05, 3.63) is 24.7 Å². The molecule has 4 fully saturated rings. The third-order valence-electron chi connectivity index (χ3n) is 8.14. The molecule has 4 heteroatoms. The van der Waals surface area contributed by atoms with Crippen molar-refractivity contribution in [2.24, 2.45) is 23.5 Å². The summed E-state index contributed by atoms with van der Waals surface area (Å²) in [5.41, 5.74) is 7.19. The van der Waals surface area contributed by atoms with Crippen LogP contribution in [0.25, 0.3) is 0 Å². The topological polar surface area (TPSA) is 35.7 Å². The fraction of sp³-hybridized carbons (Fsp3) is 0.840. The van der Waals surface area contributed by atoms with Crippen molar-refractivity contribution in [2.75, 3.05) is 26.2 Å². The van der Waals surface area contributed by atoms with Crippen molar-refractivity contribution >= 4 is 0 Å². The summed E-state index contributed by atoms with van der Waals surface area (Å²) < 4.78 is 0. The lowest BCUT2D eigenvalue weighted by molar-refractivity contribution is 0.140. The van der Waals surface area contributed by atoms with Crippen LogP contribution in [0.1, 0.15) is 71.6 Å². The molecule has 0 aromatic heterocycles. The van der Waals surface area contributed by atoms with Gasteiger partial charge < -0.3 is 15.5 Å². The van der Waals surface area contributed by atoms with Gasteiger partial charge in [0.1, 0.15) is 0 Å². The van der Waals surface area contributed by atoms with Crippen LogP contribution in [0.4, 0.5) is 0 Å². The molecule has 3 atom stereocenters. The van der Waals surface area contributed by atoms with Gasteiger partial charge in [-0.25, -0.2) is 0 Å². The third kappa shape index (κ3) is 4.78. The summed E-state index contributed by atoms with van der Waals surface area (Å²) in [4.78, 5) is 7.93. The van der Waals surface area contributed by atoms with Gasteiger partial charge in [0.25, 0.3) is 0 Å². The van der Waals surface area contributed by atoms with Crippen molar-refractivity contribution in [2.45, 2.75) is 89.8 Å². The molecule has 164 valence electrons. The number of nitrogens with zero attached hydrogens (tertiary/aromatic N) is 3. The molecule has 0 aromatic carbocycles. The quantitative estimate of drug-likeness (QED) is 0.558. The molecule has 1 saturated heterocycles. The van der Waals surface area contributed by atoms with Crippen LogP contribution in [0.5, 0.6) is 0 Å². The maximum atomic E-state index is 6.30. The molecule has 1 heterocycles. The van der Waals surface area contributed by atoms with E-state index < -0.39 is 0 Å². The van der Waals surface area contributed by atoms with E-state index in [1.165, 1.54) is 76.7 Å². The summed E-state index contributed by atoms with van der Waals surface area (Å²) in [5.74, 6) is 3.64. The Labute approximate surface area is 179 Å². The van der Waals surface area contributed by atoms with E-state index in [9.17, 15) is 0 Å². The van der Waals surface area contributed by atoms with E-state index in [1.54, 1.807) is 0 Å². The summed E-state index contributed by atoms with van der Waals surface area (Å²) in [6, 6.07) is 1.81. The highest BCUT2D eigenvalue weighted by Gasteiger charge is 2.41. The van der Waals surface area contributed by atoms with Crippen LogP contribution >= 0.6 is 0 Å². The molecule has 29 heavy (non-hydrogen) atoms. The Morgan fingerprint density at radius 1 is 1.03 bits per heavy atom. The van der Waals surface area contributed by atoms with Gasteiger partial charge in [0.15, 0.2) is 0 Å². The van der Waals surface area contributed by atoms with Crippen molar-refractivity contribution in [3.63, 3.8) is 0 Å². The van der Waals surface area contributed by atoms with Gasteiger partial charge in [0, 0.05) is 37.4 Å². The van der Waals surface area contributed by atoms with Gasteiger partial charge >= 0.3 is 0 Å². The van der Waals surface area contributed by atoms with Crippen LogP contribution in [0.2, 0.25) is 0 Å². The van der Waals surface area contributed by atoms with Gasteiger partial charge in [-0.15, -0.1) is 0 Å². The summed E-state index contributed by atoms with van der Waals surface area (Å²) in [5, 5.41) is 0. The van der Waals surface area contributed by atoms with Gasteiger partial charge in [0.2, 0.25) is 0 Å². The average molecular weight is 401 g/mol. The molecule has 4 aliphatic rings. The van der Waals surface area contributed by atoms with Gasteiger partial charge in [-0.05, 0) is 83.1 Å². The van der Waals surface area contributed by atoms with Crippen LogP contribution in [-0.2, 0) is 0 Å². The Morgan fingerprint density at radius 3 is 2.28 bits per heavy atom. The van der Waals surface area contributed by atoms with Gasteiger partial charge in [-0.3, -0.25) is 4.90 Å². The second-order valence-electron chi connectivity index (χ2n) is 10.4. The lowest BCUT2D eigenvalue weighted by Crippen LogP contribution is -2.45. The van der Waals surface area contributed by atoms with Crippen LogP contribution in [0, 0.1) is 17.8 Å². The summed E-state index contributed by atoms with van der Waals surface area (Å²) in [6.45, 7) is 18.1. The maximum absolute atomic E-state index is 6.30. The lowest BCUT2D eigenvalue weighted by Gasteiger charge is -2.40. The fourth-order valence-corrected chi connectivity index (χ4v) is 6.20. The standard InChI is InChI=1S/C25H44N4/c1-5-27(20(4)29(24-12-13-24)19(3)22-10-11-22)16-21-14-15-28(17-21)25(18(2)26)23-8-6-7-9-23/h19,21-25H,2,4-17,26H2,1,3H3. The molecule has 1 aliphatic heterocycles. The molecule has 0 amide bonds. The first-order valence-electron chi connectivity index (χ1n) is 12.4. The normalized spacial score (nSPS) is 27.7. The smallest absolute Gasteiger partial charge is 0.0970 e. The molecule has 2 N–H and O–H groups in total. The fourth-order valence-electron chi connectivity index (χ4n) is 6.20. The minimum Gasteiger partial charge on any atom is -0.401 e. The number of hydrogen-bond donors (Lipinski definition) is 1. The highest BCUT2D eigenvalue weighted by atomic mass is 15.4. The zero-order valence-electron chi connectivity index (χ0n) is 19.0. The van der Waals surface area contributed by atoms with Crippen LogP contribution in [0.3, 0.4) is 0 Å². The zero-order valence-corrected chi connectivity index (χ0v) is 19.0. The van der Waals surface area contributed by atoms with E-state index in [-0.39, 0.29) is 0 Å². The Balaban J connectivity index is 1.36. The van der Waals surface area contributed by atoms with Gasteiger partial charge in [-0.1, -0.05) is 26.0 Å². The molecule has 0 bridgehead atoms. The Morgan fingerprint density at radius 2 is 1.72 bits per heavy atom. The first-order valence-corrected chi connectivity index (χ1v) is 12.4. The predicted octanol–water partition coefficient (Wildman–Crippen LogP) is 4.40. The van der Waals surface area contributed by atoms with Crippen molar-refractivity contribution < 1.29 is 0 Å². The molecule has 0 aromatic rings. The predicted molar refractivity (Wildman–Crippen MR) is 122 cm³/mol. The second kappa shape index (κ2) is 8.91. The number of rotatable bonds is 11. The lowest BCUT2D eigenvalue weighted by atomic mass is 9.94. The minimum atomic E-state index is 0.402. The van der Waals surface area contributed by atoms with E-state index in [0.29, 0.717) is 18.0 Å². The largest absolute Gasteiger partial charge is 0.401 e. The number of nitrogens with two attached hydrogens (primary N) is 1. The molecule has 3 aliphatic carbocycles. The molecule has 4 nitrogen and oxygen atoms in total. The molecular weight excluding hydrogens is 356 g/mol. The molecule has 3 saturated carbocycles. The summed E-state index contributed by atoms with van der Waals surface area (Å²) >= 11 is 0. The van der Waals surface area contributed by atoms with Gasteiger partial charge in [0.05, 0.1) is 11.9 Å². The number of likely N-dealkylation sites (tertiary alicyclic amines) is 1. The Bertz CT molecular complexity index is 588. The molecule has 0 radical (unpaired) electrons. The molecular formula is C25H44N4. The Hall–Kier alpha value is -1.16. The van der Waals surface area contributed by atoms with E-state index in [2.05, 4.69) is 41.7 Å². The first-order chi connectivity index (χ1) is 14.0. The second-order valence-corrected chi connectivity index (χ2v) is 10.4. The third-order valence-corrected chi connectivity index (χ3v) is 8.14. The highest BCUT2D eigenvalue weighted by Crippen LogP contribution is 2.42.